The number of rotatable bonds is 5. The first-order valence-corrected chi connectivity index (χ1v) is 10.7. The van der Waals surface area contributed by atoms with Crippen LogP contribution in [0.3, 0.4) is 0 Å². The minimum atomic E-state index is -0.409. The smallest absolute Gasteiger partial charge is 0.269 e. The van der Waals surface area contributed by atoms with E-state index in [0.717, 1.165) is 37.0 Å². The number of thiazole rings is 1. The molecule has 4 aromatic rings. The summed E-state index contributed by atoms with van der Waals surface area (Å²) in [6.45, 7) is 2.67. The maximum atomic E-state index is 10.8. The molecule has 9 heteroatoms. The van der Waals surface area contributed by atoms with Crippen LogP contribution in [0.5, 0.6) is 0 Å². The molecule has 2 aromatic heterocycles. The standard InChI is InChI=1S/C21H20N6O2S/c28-27(29)17-7-5-15(6-8-17)20-22-13-26(24-20)14-25-11-9-16(10-12-25)21-23-18-3-1-2-4-19(18)30-21/h1-8,13,16H,9-12,14H2. The maximum absolute atomic E-state index is 10.8. The third-order valence-corrected chi connectivity index (χ3v) is 6.66. The summed E-state index contributed by atoms with van der Waals surface area (Å²) in [6.07, 6.45) is 3.89. The van der Waals surface area contributed by atoms with Crippen LogP contribution in [0.25, 0.3) is 21.6 Å². The number of non-ortho nitro benzene ring substituents is 1. The van der Waals surface area contributed by atoms with E-state index in [1.54, 1.807) is 18.5 Å². The summed E-state index contributed by atoms with van der Waals surface area (Å²) < 4.78 is 3.09. The van der Waals surface area contributed by atoms with Crippen LogP contribution in [0.1, 0.15) is 23.8 Å². The van der Waals surface area contributed by atoms with Crippen LogP contribution in [0, 0.1) is 10.1 Å². The van der Waals surface area contributed by atoms with Gasteiger partial charge < -0.3 is 0 Å². The molecule has 0 spiro atoms. The van der Waals surface area contributed by atoms with Gasteiger partial charge in [-0.3, -0.25) is 15.0 Å². The zero-order chi connectivity index (χ0) is 20.5. The topological polar surface area (TPSA) is 90.0 Å². The van der Waals surface area contributed by atoms with Crippen LogP contribution in [0.4, 0.5) is 5.69 Å². The Kier molecular flexibility index (Phi) is 4.97. The molecule has 2 aromatic carbocycles. The Bertz CT molecular complexity index is 1140. The van der Waals surface area contributed by atoms with Crippen molar-refractivity contribution in [3.8, 4) is 11.4 Å². The van der Waals surface area contributed by atoms with Crippen molar-refractivity contribution in [2.24, 2.45) is 0 Å². The van der Waals surface area contributed by atoms with Crippen molar-refractivity contribution < 1.29 is 4.92 Å². The largest absolute Gasteiger partial charge is 0.284 e. The lowest BCUT2D eigenvalue weighted by Gasteiger charge is -2.30. The lowest BCUT2D eigenvalue weighted by molar-refractivity contribution is -0.384. The van der Waals surface area contributed by atoms with Gasteiger partial charge in [-0.15, -0.1) is 16.4 Å². The Morgan fingerprint density at radius 1 is 1.10 bits per heavy atom. The molecule has 8 nitrogen and oxygen atoms in total. The second-order valence-corrected chi connectivity index (χ2v) is 8.53. The van der Waals surface area contributed by atoms with Crippen LogP contribution in [-0.4, -0.2) is 42.7 Å². The molecule has 5 rings (SSSR count). The molecule has 0 saturated carbocycles. The summed E-state index contributed by atoms with van der Waals surface area (Å²) >= 11 is 1.81. The van der Waals surface area contributed by atoms with Gasteiger partial charge in [0.1, 0.15) is 6.33 Å². The van der Waals surface area contributed by atoms with Gasteiger partial charge in [-0.05, 0) is 37.1 Å². The Labute approximate surface area is 177 Å². The van der Waals surface area contributed by atoms with Crippen LogP contribution < -0.4 is 0 Å². The van der Waals surface area contributed by atoms with E-state index in [9.17, 15) is 10.1 Å². The van der Waals surface area contributed by atoms with Crippen LogP contribution in [-0.2, 0) is 6.67 Å². The van der Waals surface area contributed by atoms with Crippen molar-refractivity contribution in [1.82, 2.24) is 24.6 Å². The molecule has 30 heavy (non-hydrogen) atoms. The predicted molar refractivity (Wildman–Crippen MR) is 115 cm³/mol. The van der Waals surface area contributed by atoms with Crippen molar-refractivity contribution in [1.29, 1.82) is 0 Å². The number of fused-ring (bicyclic) bond motifs is 1. The number of benzene rings is 2. The van der Waals surface area contributed by atoms with E-state index in [1.807, 2.05) is 22.1 Å². The van der Waals surface area contributed by atoms with Gasteiger partial charge >= 0.3 is 0 Å². The van der Waals surface area contributed by atoms with Crippen LogP contribution in [0.2, 0.25) is 0 Å². The Balaban J connectivity index is 1.20. The molecule has 0 amide bonds. The molecule has 152 valence electrons. The van der Waals surface area contributed by atoms with E-state index in [4.69, 9.17) is 4.98 Å². The zero-order valence-electron chi connectivity index (χ0n) is 16.2. The SMILES string of the molecule is O=[N+]([O-])c1ccc(-c2ncn(CN3CCC(c4nc5ccccc5s4)CC3)n2)cc1. The molecule has 1 fully saturated rings. The van der Waals surface area contributed by atoms with Gasteiger partial charge in [-0.1, -0.05) is 12.1 Å². The second kappa shape index (κ2) is 7.92. The van der Waals surface area contributed by atoms with E-state index in [2.05, 4.69) is 33.2 Å². The lowest BCUT2D eigenvalue weighted by Crippen LogP contribution is -2.34. The van der Waals surface area contributed by atoms with Crippen molar-refractivity contribution in [3.05, 3.63) is 70.0 Å². The average molecular weight is 420 g/mol. The number of para-hydroxylation sites is 1. The molecule has 0 aliphatic carbocycles. The van der Waals surface area contributed by atoms with Crippen LogP contribution in [0.15, 0.2) is 54.9 Å². The highest BCUT2D eigenvalue weighted by molar-refractivity contribution is 7.18. The van der Waals surface area contributed by atoms with Gasteiger partial charge in [0.25, 0.3) is 5.69 Å². The Morgan fingerprint density at radius 2 is 1.87 bits per heavy atom. The Hall–Kier alpha value is -3.17. The van der Waals surface area contributed by atoms with Gasteiger partial charge in [0.15, 0.2) is 5.82 Å². The van der Waals surface area contributed by atoms with Crippen molar-refractivity contribution in [2.75, 3.05) is 13.1 Å². The fraction of sp³-hybridized carbons (Fsp3) is 0.286. The maximum Gasteiger partial charge on any atom is 0.269 e. The summed E-state index contributed by atoms with van der Waals surface area (Å²) in [5.41, 5.74) is 1.93. The van der Waals surface area contributed by atoms with E-state index < -0.39 is 4.92 Å². The molecule has 1 aliphatic rings. The van der Waals surface area contributed by atoms with Crippen molar-refractivity contribution in [2.45, 2.75) is 25.4 Å². The summed E-state index contributed by atoms with van der Waals surface area (Å²) in [4.78, 5) is 21.9. The first-order chi connectivity index (χ1) is 14.7. The second-order valence-electron chi connectivity index (χ2n) is 7.47. The summed E-state index contributed by atoms with van der Waals surface area (Å²) in [7, 11) is 0. The minimum Gasteiger partial charge on any atom is -0.284 e. The highest BCUT2D eigenvalue weighted by Crippen LogP contribution is 2.33. The first-order valence-electron chi connectivity index (χ1n) is 9.88. The highest BCUT2D eigenvalue weighted by atomic mass is 32.1. The van der Waals surface area contributed by atoms with E-state index >= 15 is 0 Å². The molecule has 1 aliphatic heterocycles. The number of likely N-dealkylation sites (tertiary alicyclic amines) is 1. The molecule has 0 unspecified atom stereocenters. The number of aromatic nitrogens is 4. The number of piperidine rings is 1. The quantitative estimate of drug-likeness (QED) is 0.353. The number of nitro benzene ring substituents is 1. The fourth-order valence-corrected chi connectivity index (χ4v) is 4.95. The number of hydrogen-bond donors (Lipinski definition) is 0. The normalized spacial score (nSPS) is 15.6. The minimum absolute atomic E-state index is 0.0641. The molecule has 0 N–H and O–H groups in total. The van der Waals surface area contributed by atoms with Crippen molar-refractivity contribution >= 4 is 27.2 Å². The number of hydrogen-bond acceptors (Lipinski definition) is 7. The van der Waals surface area contributed by atoms with Gasteiger partial charge in [-0.2, -0.15) is 0 Å². The monoisotopic (exact) mass is 420 g/mol. The zero-order valence-corrected chi connectivity index (χ0v) is 17.0. The lowest BCUT2D eigenvalue weighted by atomic mass is 9.98. The summed E-state index contributed by atoms with van der Waals surface area (Å²) in [5.74, 6) is 1.10. The third-order valence-electron chi connectivity index (χ3n) is 5.46. The first kappa shape index (κ1) is 18.8. The number of nitrogens with zero attached hydrogens (tertiary/aromatic N) is 6. The molecular weight excluding hydrogens is 400 g/mol. The van der Waals surface area contributed by atoms with Gasteiger partial charge in [0.05, 0.1) is 26.8 Å². The average Bonchev–Trinajstić information content (AvgIpc) is 3.41. The summed E-state index contributed by atoms with van der Waals surface area (Å²) in [6, 6.07) is 14.6. The van der Waals surface area contributed by atoms with E-state index in [-0.39, 0.29) is 5.69 Å². The predicted octanol–water partition coefficient (Wildman–Crippen LogP) is 4.30. The van der Waals surface area contributed by atoms with Crippen molar-refractivity contribution in [3.63, 3.8) is 0 Å². The Morgan fingerprint density at radius 3 is 2.60 bits per heavy atom. The van der Waals surface area contributed by atoms with E-state index in [1.165, 1.54) is 21.8 Å². The highest BCUT2D eigenvalue weighted by Gasteiger charge is 2.23. The van der Waals surface area contributed by atoms with Crippen LogP contribution >= 0.6 is 11.3 Å². The van der Waals surface area contributed by atoms with Gasteiger partial charge in [0, 0.05) is 36.7 Å². The van der Waals surface area contributed by atoms with Gasteiger partial charge in [0.2, 0.25) is 0 Å². The van der Waals surface area contributed by atoms with Gasteiger partial charge in [-0.25, -0.2) is 14.6 Å². The molecule has 3 heterocycles. The molecule has 0 radical (unpaired) electrons. The van der Waals surface area contributed by atoms with E-state index in [0.29, 0.717) is 18.4 Å². The molecular formula is C21H20N6O2S. The molecule has 1 saturated heterocycles. The number of nitro groups is 1. The summed E-state index contributed by atoms with van der Waals surface area (Å²) in [5, 5.41) is 16.6. The molecule has 0 bridgehead atoms. The fourth-order valence-electron chi connectivity index (χ4n) is 3.82. The molecule has 0 atom stereocenters. The third kappa shape index (κ3) is 3.81.